The summed E-state index contributed by atoms with van der Waals surface area (Å²) in [4.78, 5) is 11.8. The van der Waals surface area contributed by atoms with Crippen molar-refractivity contribution in [3.8, 4) is 0 Å². The number of hydrogen-bond donors (Lipinski definition) is 1. The van der Waals surface area contributed by atoms with E-state index < -0.39 is 0 Å². The second-order valence-corrected chi connectivity index (χ2v) is 5.00. The van der Waals surface area contributed by atoms with Crippen LogP contribution in [-0.2, 0) is 22.7 Å². The number of nitrogens with zero attached hydrogens (tertiary/aromatic N) is 3. The Kier molecular flexibility index (Phi) is 4.30. The summed E-state index contributed by atoms with van der Waals surface area (Å²) in [5.74, 6) is 0.447. The van der Waals surface area contributed by atoms with Gasteiger partial charge >= 0.3 is 0 Å². The topological polar surface area (TPSA) is 69.0 Å². The second-order valence-electron chi connectivity index (χ2n) is 5.00. The highest BCUT2D eigenvalue weighted by Crippen LogP contribution is 2.08. The van der Waals surface area contributed by atoms with Crippen molar-refractivity contribution in [3.63, 3.8) is 0 Å². The minimum absolute atomic E-state index is 0.0579. The molecule has 0 bridgehead atoms. The normalized spacial score (nSPS) is 22.2. The highest BCUT2D eigenvalue weighted by atomic mass is 16.5. The van der Waals surface area contributed by atoms with Crippen LogP contribution in [0.25, 0.3) is 0 Å². The largest absolute Gasteiger partial charge is 0.357 e. The van der Waals surface area contributed by atoms with Crippen molar-refractivity contribution >= 4 is 5.91 Å². The molecule has 1 aliphatic heterocycles. The van der Waals surface area contributed by atoms with Crippen LogP contribution in [0.1, 0.15) is 32.4 Å². The molecule has 0 aromatic carbocycles. The maximum Gasteiger partial charge on any atom is 0.220 e. The van der Waals surface area contributed by atoms with E-state index in [1.165, 1.54) is 0 Å². The highest BCUT2D eigenvalue weighted by Gasteiger charge is 2.18. The van der Waals surface area contributed by atoms with Gasteiger partial charge in [-0.3, -0.25) is 4.79 Å². The number of nitrogens with one attached hydrogen (secondary N) is 1. The van der Waals surface area contributed by atoms with E-state index in [0.717, 1.165) is 18.5 Å². The van der Waals surface area contributed by atoms with E-state index in [9.17, 15) is 4.79 Å². The highest BCUT2D eigenvalue weighted by molar-refractivity contribution is 5.76. The summed E-state index contributed by atoms with van der Waals surface area (Å²) in [6, 6.07) is 0.0579. The molecule has 0 aliphatic carbocycles. The predicted octanol–water partition coefficient (Wildman–Crippen LogP) is 0.729. The van der Waals surface area contributed by atoms with Crippen LogP contribution in [0, 0.1) is 5.92 Å². The Morgan fingerprint density at radius 2 is 2.33 bits per heavy atom. The second kappa shape index (κ2) is 5.95. The van der Waals surface area contributed by atoms with Crippen molar-refractivity contribution in [3.05, 3.63) is 11.9 Å². The van der Waals surface area contributed by atoms with Crippen LogP contribution in [0.15, 0.2) is 6.20 Å². The van der Waals surface area contributed by atoms with E-state index in [0.29, 0.717) is 25.7 Å². The summed E-state index contributed by atoms with van der Waals surface area (Å²) in [7, 11) is 0. The number of carbonyl (C=O) groups is 1. The summed E-state index contributed by atoms with van der Waals surface area (Å²) in [6.45, 7) is 5.06. The Morgan fingerprint density at radius 3 is 3.11 bits per heavy atom. The molecule has 100 valence electrons. The lowest BCUT2D eigenvalue weighted by Gasteiger charge is -2.22. The molecular weight excluding hydrogens is 232 g/mol. The average Bonchev–Trinajstić information content (AvgIpc) is 2.74. The number of carbonyl (C=O) groups excluding carboxylic acids is 1. The third-order valence-electron chi connectivity index (χ3n) is 3.20. The lowest BCUT2D eigenvalue weighted by Crippen LogP contribution is -2.41. The fourth-order valence-electron chi connectivity index (χ4n) is 1.96. The van der Waals surface area contributed by atoms with Gasteiger partial charge in [-0.25, -0.2) is 4.68 Å². The fraction of sp³-hybridized carbons (Fsp3) is 0.750. The first-order valence-corrected chi connectivity index (χ1v) is 6.41. The molecule has 1 aliphatic rings. The van der Waals surface area contributed by atoms with Crippen LogP contribution in [0.3, 0.4) is 0 Å². The van der Waals surface area contributed by atoms with Crippen molar-refractivity contribution in [1.82, 2.24) is 20.3 Å². The molecule has 1 aromatic heterocycles. The molecule has 6 heteroatoms. The van der Waals surface area contributed by atoms with Gasteiger partial charge in [0.2, 0.25) is 5.91 Å². The van der Waals surface area contributed by atoms with E-state index in [2.05, 4.69) is 29.5 Å². The van der Waals surface area contributed by atoms with Crippen LogP contribution in [-0.4, -0.2) is 33.5 Å². The van der Waals surface area contributed by atoms with Crippen molar-refractivity contribution in [2.75, 3.05) is 6.61 Å². The van der Waals surface area contributed by atoms with Crippen LogP contribution in [0.5, 0.6) is 0 Å². The number of rotatable bonds is 1. The molecule has 0 unspecified atom stereocenters. The van der Waals surface area contributed by atoms with Gasteiger partial charge in [0.1, 0.15) is 6.73 Å². The average molecular weight is 252 g/mol. The van der Waals surface area contributed by atoms with Gasteiger partial charge in [-0.15, -0.1) is 5.10 Å². The number of hydrogen-bond acceptors (Lipinski definition) is 4. The van der Waals surface area contributed by atoms with E-state index >= 15 is 0 Å². The first-order valence-electron chi connectivity index (χ1n) is 6.41. The Hall–Kier alpha value is -1.43. The van der Waals surface area contributed by atoms with E-state index in [1.807, 2.05) is 0 Å². The Bertz CT molecular complexity index is 403. The third kappa shape index (κ3) is 3.29. The molecule has 0 spiro atoms. The number of amides is 1. The molecule has 18 heavy (non-hydrogen) atoms. The van der Waals surface area contributed by atoms with Gasteiger partial charge in [-0.2, -0.15) is 0 Å². The van der Waals surface area contributed by atoms with Crippen LogP contribution in [0.2, 0.25) is 0 Å². The number of fused-ring (bicyclic) bond motifs is 1. The fourth-order valence-corrected chi connectivity index (χ4v) is 1.96. The lowest BCUT2D eigenvalue weighted by molar-refractivity contribution is -0.122. The minimum atomic E-state index is 0.0579. The van der Waals surface area contributed by atoms with Crippen molar-refractivity contribution in [2.24, 2.45) is 5.92 Å². The van der Waals surface area contributed by atoms with Gasteiger partial charge in [-0.1, -0.05) is 19.1 Å². The maximum absolute atomic E-state index is 11.8. The van der Waals surface area contributed by atoms with Gasteiger partial charge in [-0.05, 0) is 18.8 Å². The molecule has 1 amide bonds. The maximum atomic E-state index is 11.8. The van der Waals surface area contributed by atoms with Crippen LogP contribution >= 0.6 is 0 Å². The van der Waals surface area contributed by atoms with Gasteiger partial charge in [0.15, 0.2) is 0 Å². The molecule has 0 saturated heterocycles. The molecule has 0 radical (unpaired) electrons. The Morgan fingerprint density at radius 1 is 1.50 bits per heavy atom. The molecular formula is C12H20N4O2. The van der Waals surface area contributed by atoms with Crippen LogP contribution < -0.4 is 5.32 Å². The molecule has 1 aromatic rings. The summed E-state index contributed by atoms with van der Waals surface area (Å²) < 4.78 is 7.38. The molecule has 2 heterocycles. The Labute approximate surface area is 107 Å². The predicted molar refractivity (Wildman–Crippen MR) is 65.7 cm³/mol. The zero-order chi connectivity index (χ0) is 13.0. The molecule has 1 atom stereocenters. The number of aromatic nitrogens is 3. The summed E-state index contributed by atoms with van der Waals surface area (Å²) in [5.41, 5.74) is 1.02. The third-order valence-corrected chi connectivity index (χ3v) is 3.20. The first-order chi connectivity index (χ1) is 8.66. The van der Waals surface area contributed by atoms with Gasteiger partial charge in [0.25, 0.3) is 0 Å². The number of aryl methyl sites for hydroxylation is 1. The monoisotopic (exact) mass is 252 g/mol. The minimum Gasteiger partial charge on any atom is -0.357 e. The SMILES string of the molecule is CC(C)[C@H]1COCn2nncc2CCCC(=O)N1. The molecule has 0 saturated carbocycles. The van der Waals surface area contributed by atoms with Crippen molar-refractivity contribution in [2.45, 2.75) is 45.9 Å². The van der Waals surface area contributed by atoms with E-state index in [4.69, 9.17) is 4.74 Å². The molecule has 2 rings (SSSR count). The van der Waals surface area contributed by atoms with Crippen LogP contribution in [0.4, 0.5) is 0 Å². The zero-order valence-corrected chi connectivity index (χ0v) is 10.9. The van der Waals surface area contributed by atoms with E-state index in [-0.39, 0.29) is 11.9 Å². The lowest BCUT2D eigenvalue weighted by atomic mass is 10.1. The number of ether oxygens (including phenoxy) is 1. The van der Waals surface area contributed by atoms with Crippen molar-refractivity contribution in [1.29, 1.82) is 0 Å². The Balaban J connectivity index is 2.06. The van der Waals surface area contributed by atoms with Gasteiger partial charge < -0.3 is 10.1 Å². The van der Waals surface area contributed by atoms with Crippen molar-refractivity contribution < 1.29 is 9.53 Å². The van der Waals surface area contributed by atoms with Gasteiger partial charge in [0.05, 0.1) is 24.5 Å². The standard InChI is InChI=1S/C12H20N4O2/c1-9(2)11-7-18-8-16-10(6-13-15-16)4-3-5-12(17)14-11/h6,9,11H,3-5,7-8H2,1-2H3,(H,14,17)/t11-/m1/s1. The van der Waals surface area contributed by atoms with E-state index in [1.54, 1.807) is 10.9 Å². The molecule has 6 nitrogen and oxygen atoms in total. The molecule has 0 fully saturated rings. The zero-order valence-electron chi connectivity index (χ0n) is 10.9. The summed E-state index contributed by atoms with van der Waals surface area (Å²) >= 11 is 0. The summed E-state index contributed by atoms with van der Waals surface area (Å²) in [5, 5.41) is 10.9. The first kappa shape index (κ1) is 13.0. The van der Waals surface area contributed by atoms with Gasteiger partial charge in [0, 0.05) is 6.42 Å². The summed E-state index contributed by atoms with van der Waals surface area (Å²) in [6.07, 6.45) is 3.88. The quantitative estimate of drug-likeness (QED) is 0.800. The molecule has 1 N–H and O–H groups in total. The smallest absolute Gasteiger partial charge is 0.220 e.